The van der Waals surface area contributed by atoms with Crippen LogP contribution in [-0.4, -0.2) is 30.2 Å². The van der Waals surface area contributed by atoms with E-state index in [1.807, 2.05) is 0 Å². The Morgan fingerprint density at radius 1 is 1.37 bits per heavy atom. The molecular weight excluding hydrogens is 240 g/mol. The van der Waals surface area contributed by atoms with E-state index in [2.05, 4.69) is 26.1 Å². The SMILES string of the molecule is CC(C)(C)C(CCO)NC(=O)C1CCCCC1CN. The van der Waals surface area contributed by atoms with E-state index in [0.717, 1.165) is 19.3 Å². The van der Waals surface area contributed by atoms with E-state index in [9.17, 15) is 4.79 Å². The normalized spacial score (nSPS) is 25.9. The van der Waals surface area contributed by atoms with Gasteiger partial charge in [-0.25, -0.2) is 0 Å². The summed E-state index contributed by atoms with van der Waals surface area (Å²) >= 11 is 0. The molecule has 0 aromatic carbocycles. The molecule has 1 saturated carbocycles. The first-order valence-corrected chi connectivity index (χ1v) is 7.51. The average molecular weight is 270 g/mol. The van der Waals surface area contributed by atoms with Gasteiger partial charge in [0, 0.05) is 18.6 Å². The van der Waals surface area contributed by atoms with E-state index in [1.165, 1.54) is 6.42 Å². The summed E-state index contributed by atoms with van der Waals surface area (Å²) < 4.78 is 0. The van der Waals surface area contributed by atoms with Gasteiger partial charge in [-0.3, -0.25) is 4.79 Å². The van der Waals surface area contributed by atoms with Gasteiger partial charge in [-0.05, 0) is 37.1 Å². The molecule has 0 radical (unpaired) electrons. The third-order valence-corrected chi connectivity index (χ3v) is 4.33. The molecule has 1 amide bonds. The predicted octanol–water partition coefficient (Wildman–Crippen LogP) is 1.66. The molecule has 4 heteroatoms. The van der Waals surface area contributed by atoms with Crippen LogP contribution in [0.25, 0.3) is 0 Å². The van der Waals surface area contributed by atoms with Crippen molar-refractivity contribution in [3.63, 3.8) is 0 Å². The lowest BCUT2D eigenvalue weighted by Gasteiger charge is -2.35. The van der Waals surface area contributed by atoms with Gasteiger partial charge in [0.1, 0.15) is 0 Å². The predicted molar refractivity (Wildman–Crippen MR) is 77.6 cm³/mol. The highest BCUT2D eigenvalue weighted by atomic mass is 16.3. The topological polar surface area (TPSA) is 75.3 Å². The molecule has 0 aromatic rings. The summed E-state index contributed by atoms with van der Waals surface area (Å²) in [6.45, 7) is 6.98. The van der Waals surface area contributed by atoms with E-state index in [0.29, 0.717) is 18.9 Å². The van der Waals surface area contributed by atoms with Crippen LogP contribution in [0.3, 0.4) is 0 Å². The van der Waals surface area contributed by atoms with Crippen LogP contribution >= 0.6 is 0 Å². The molecule has 1 fully saturated rings. The Morgan fingerprint density at radius 2 is 2.00 bits per heavy atom. The average Bonchev–Trinajstić information content (AvgIpc) is 2.37. The first-order valence-electron chi connectivity index (χ1n) is 7.51. The number of hydrogen-bond acceptors (Lipinski definition) is 3. The van der Waals surface area contributed by atoms with E-state index in [4.69, 9.17) is 10.8 Å². The lowest BCUT2D eigenvalue weighted by atomic mass is 9.78. The van der Waals surface area contributed by atoms with Crippen molar-refractivity contribution >= 4 is 5.91 Å². The molecule has 19 heavy (non-hydrogen) atoms. The first-order chi connectivity index (χ1) is 8.90. The van der Waals surface area contributed by atoms with Gasteiger partial charge in [-0.15, -0.1) is 0 Å². The number of aliphatic hydroxyl groups is 1. The Kier molecular flexibility index (Phi) is 6.27. The molecule has 4 nitrogen and oxygen atoms in total. The van der Waals surface area contributed by atoms with Crippen molar-refractivity contribution in [3.05, 3.63) is 0 Å². The van der Waals surface area contributed by atoms with Crippen molar-refractivity contribution in [1.29, 1.82) is 0 Å². The second kappa shape index (κ2) is 7.25. The zero-order valence-electron chi connectivity index (χ0n) is 12.6. The van der Waals surface area contributed by atoms with Crippen molar-refractivity contribution in [3.8, 4) is 0 Å². The zero-order chi connectivity index (χ0) is 14.5. The molecule has 4 N–H and O–H groups in total. The maximum absolute atomic E-state index is 12.5. The number of nitrogens with two attached hydrogens (primary N) is 1. The smallest absolute Gasteiger partial charge is 0.223 e. The highest BCUT2D eigenvalue weighted by molar-refractivity contribution is 5.79. The highest BCUT2D eigenvalue weighted by Crippen LogP contribution is 2.30. The molecule has 1 aliphatic carbocycles. The van der Waals surface area contributed by atoms with Crippen LogP contribution in [0.4, 0.5) is 0 Å². The molecule has 0 saturated heterocycles. The quantitative estimate of drug-likeness (QED) is 0.711. The Hall–Kier alpha value is -0.610. The summed E-state index contributed by atoms with van der Waals surface area (Å²) in [6.07, 6.45) is 4.92. The van der Waals surface area contributed by atoms with Crippen molar-refractivity contribution < 1.29 is 9.90 Å². The van der Waals surface area contributed by atoms with E-state index in [1.54, 1.807) is 0 Å². The highest BCUT2D eigenvalue weighted by Gasteiger charge is 2.33. The van der Waals surface area contributed by atoms with Crippen molar-refractivity contribution in [2.75, 3.05) is 13.2 Å². The summed E-state index contributed by atoms with van der Waals surface area (Å²) in [4.78, 5) is 12.5. The second-order valence-electron chi connectivity index (χ2n) is 6.83. The fourth-order valence-corrected chi connectivity index (χ4v) is 2.96. The summed E-state index contributed by atoms with van der Waals surface area (Å²) in [7, 11) is 0. The van der Waals surface area contributed by atoms with Gasteiger partial charge in [0.15, 0.2) is 0 Å². The number of carbonyl (C=O) groups excluding carboxylic acids is 1. The van der Waals surface area contributed by atoms with Crippen molar-refractivity contribution in [2.24, 2.45) is 23.0 Å². The molecule has 0 aromatic heterocycles. The molecule has 3 unspecified atom stereocenters. The molecule has 0 heterocycles. The Bertz CT molecular complexity index is 286. The Morgan fingerprint density at radius 3 is 2.53 bits per heavy atom. The molecule has 1 rings (SSSR count). The second-order valence-corrected chi connectivity index (χ2v) is 6.83. The fraction of sp³-hybridized carbons (Fsp3) is 0.933. The van der Waals surface area contributed by atoms with Gasteiger partial charge in [-0.2, -0.15) is 0 Å². The van der Waals surface area contributed by atoms with Crippen LogP contribution in [0.15, 0.2) is 0 Å². The van der Waals surface area contributed by atoms with Crippen molar-refractivity contribution in [1.82, 2.24) is 5.32 Å². The lowest BCUT2D eigenvalue weighted by Crippen LogP contribution is -2.49. The number of aliphatic hydroxyl groups excluding tert-OH is 1. The van der Waals surface area contributed by atoms with E-state index in [-0.39, 0.29) is 29.9 Å². The summed E-state index contributed by atoms with van der Waals surface area (Å²) in [6, 6.07) is 0.0188. The number of rotatable bonds is 5. The largest absolute Gasteiger partial charge is 0.396 e. The third kappa shape index (κ3) is 4.77. The minimum absolute atomic E-state index is 0.0188. The van der Waals surface area contributed by atoms with Crippen molar-refractivity contribution in [2.45, 2.75) is 58.9 Å². The summed E-state index contributed by atoms with van der Waals surface area (Å²) in [5, 5.41) is 12.3. The molecule has 0 aliphatic heterocycles. The van der Waals surface area contributed by atoms with Crippen LogP contribution in [0.5, 0.6) is 0 Å². The standard InChI is InChI=1S/C15H30N2O2/c1-15(2,3)13(8-9-18)17-14(19)12-7-5-4-6-11(12)10-16/h11-13,18H,4-10,16H2,1-3H3,(H,17,19). The van der Waals surface area contributed by atoms with Gasteiger partial charge in [-0.1, -0.05) is 33.6 Å². The van der Waals surface area contributed by atoms with Crippen LogP contribution in [0, 0.1) is 17.3 Å². The maximum Gasteiger partial charge on any atom is 0.223 e. The maximum atomic E-state index is 12.5. The van der Waals surface area contributed by atoms with E-state index >= 15 is 0 Å². The molecular formula is C15H30N2O2. The molecule has 3 atom stereocenters. The summed E-state index contributed by atoms with van der Waals surface area (Å²) in [5.41, 5.74) is 5.75. The van der Waals surface area contributed by atoms with Gasteiger partial charge >= 0.3 is 0 Å². The molecule has 0 spiro atoms. The number of hydrogen-bond donors (Lipinski definition) is 3. The first kappa shape index (κ1) is 16.4. The van der Waals surface area contributed by atoms with E-state index < -0.39 is 0 Å². The van der Waals surface area contributed by atoms with Gasteiger partial charge in [0.25, 0.3) is 0 Å². The zero-order valence-corrected chi connectivity index (χ0v) is 12.6. The number of carbonyl (C=O) groups is 1. The van der Waals surface area contributed by atoms with Crippen LogP contribution in [0.2, 0.25) is 0 Å². The Labute approximate surface area is 117 Å². The number of amides is 1. The van der Waals surface area contributed by atoms with Gasteiger partial charge in [0.05, 0.1) is 0 Å². The molecule has 1 aliphatic rings. The van der Waals surface area contributed by atoms with Crippen LogP contribution in [0.1, 0.15) is 52.9 Å². The van der Waals surface area contributed by atoms with Gasteiger partial charge < -0.3 is 16.2 Å². The fourth-order valence-electron chi connectivity index (χ4n) is 2.96. The minimum atomic E-state index is -0.0364. The monoisotopic (exact) mass is 270 g/mol. The van der Waals surface area contributed by atoms with Crippen LogP contribution in [-0.2, 0) is 4.79 Å². The van der Waals surface area contributed by atoms with Gasteiger partial charge in [0.2, 0.25) is 5.91 Å². The lowest BCUT2D eigenvalue weighted by molar-refractivity contribution is -0.129. The third-order valence-electron chi connectivity index (χ3n) is 4.33. The molecule has 0 bridgehead atoms. The molecule has 112 valence electrons. The Balaban J connectivity index is 2.64. The van der Waals surface area contributed by atoms with Crippen LogP contribution < -0.4 is 11.1 Å². The number of nitrogens with one attached hydrogen (secondary N) is 1. The summed E-state index contributed by atoms with van der Waals surface area (Å²) in [5.74, 6) is 0.509. The minimum Gasteiger partial charge on any atom is -0.396 e.